The molecule has 0 aromatic heterocycles. The third-order valence-corrected chi connectivity index (χ3v) is 6.39. The van der Waals surface area contributed by atoms with Crippen LogP contribution in [0.3, 0.4) is 0 Å². The van der Waals surface area contributed by atoms with Crippen LogP contribution in [-0.2, 0) is 20.9 Å². The first-order valence-corrected chi connectivity index (χ1v) is 10.9. The van der Waals surface area contributed by atoms with Gasteiger partial charge in [-0.1, -0.05) is 24.3 Å². The van der Waals surface area contributed by atoms with Crippen LogP contribution < -0.4 is 15.8 Å². The van der Waals surface area contributed by atoms with Gasteiger partial charge in [0.2, 0.25) is 11.8 Å². The largest absolute Gasteiger partial charge is 0.304 e. The fourth-order valence-electron chi connectivity index (χ4n) is 3.48. The topological polar surface area (TPSA) is 78.5 Å². The maximum absolute atomic E-state index is 14.9. The smallest absolute Gasteiger partial charge is 0.267 e. The molecule has 1 saturated carbocycles. The lowest BCUT2D eigenvalue weighted by molar-refractivity contribution is -0.128. The summed E-state index contributed by atoms with van der Waals surface area (Å²) in [5.74, 6) is -2.68. The van der Waals surface area contributed by atoms with Crippen molar-refractivity contribution >= 4 is 43.8 Å². The minimum atomic E-state index is -0.669. The molecule has 0 radical (unpaired) electrons. The molecule has 1 heterocycles. The van der Waals surface area contributed by atoms with Crippen LogP contribution >= 0.6 is 15.9 Å². The summed E-state index contributed by atoms with van der Waals surface area (Å²) in [6.45, 7) is 1.55. The van der Waals surface area contributed by atoms with E-state index in [0.29, 0.717) is 16.7 Å². The van der Waals surface area contributed by atoms with Gasteiger partial charge < -0.3 is 4.90 Å². The number of anilines is 1. The molecular weight excluding hydrogens is 484 g/mol. The molecule has 2 aliphatic rings. The van der Waals surface area contributed by atoms with Crippen molar-refractivity contribution in [1.29, 1.82) is 0 Å². The lowest BCUT2D eigenvalue weighted by Crippen LogP contribution is -2.43. The van der Waals surface area contributed by atoms with E-state index in [9.17, 15) is 23.2 Å². The zero-order valence-electron chi connectivity index (χ0n) is 17.2. The van der Waals surface area contributed by atoms with E-state index in [1.165, 1.54) is 23.1 Å². The van der Waals surface area contributed by atoms with E-state index >= 15 is 0 Å². The minimum absolute atomic E-state index is 0.00447. The number of nitrogens with one attached hydrogen (secondary N) is 2. The number of para-hydroxylation sites is 1. The van der Waals surface area contributed by atoms with Gasteiger partial charge in [-0.2, -0.15) is 0 Å². The molecule has 6 nitrogen and oxygen atoms in total. The Hall–Kier alpha value is -3.07. The van der Waals surface area contributed by atoms with Gasteiger partial charge in [0.1, 0.15) is 11.6 Å². The average Bonchev–Trinajstić information content (AvgIpc) is 3.61. The van der Waals surface area contributed by atoms with Gasteiger partial charge in [0.15, 0.2) is 0 Å². The second-order valence-corrected chi connectivity index (χ2v) is 8.68. The number of rotatable bonds is 4. The highest BCUT2D eigenvalue weighted by molar-refractivity contribution is 9.15. The van der Waals surface area contributed by atoms with Gasteiger partial charge in [0.05, 0.1) is 18.7 Å². The summed E-state index contributed by atoms with van der Waals surface area (Å²) in [6, 6.07) is 8.83. The summed E-state index contributed by atoms with van der Waals surface area (Å²) in [4.78, 5) is 39.0. The van der Waals surface area contributed by atoms with Gasteiger partial charge >= 0.3 is 0 Å². The SMILES string of the molecule is Cc1ccc(CN2C(=O)CC(C(=O)NNC(=O)C3CC3)=C(Br)c3cccc(F)c32)cc1F. The van der Waals surface area contributed by atoms with Gasteiger partial charge in [-0.3, -0.25) is 25.2 Å². The molecule has 1 aliphatic carbocycles. The van der Waals surface area contributed by atoms with E-state index in [1.54, 1.807) is 25.1 Å². The maximum Gasteiger partial charge on any atom is 0.267 e. The summed E-state index contributed by atoms with van der Waals surface area (Å²) >= 11 is 3.35. The Kier molecular flexibility index (Phi) is 6.10. The first kappa shape index (κ1) is 22.1. The van der Waals surface area contributed by atoms with Crippen molar-refractivity contribution in [3.8, 4) is 0 Å². The number of benzene rings is 2. The molecule has 166 valence electrons. The first-order chi connectivity index (χ1) is 15.3. The number of fused-ring (bicyclic) bond motifs is 1. The quantitative estimate of drug-likeness (QED) is 0.621. The van der Waals surface area contributed by atoms with Crippen LogP contribution in [0.1, 0.15) is 36.0 Å². The molecule has 1 fully saturated rings. The Bertz CT molecular complexity index is 1160. The van der Waals surface area contributed by atoms with E-state index in [4.69, 9.17) is 0 Å². The fourth-order valence-corrected chi connectivity index (χ4v) is 4.12. The van der Waals surface area contributed by atoms with E-state index < -0.39 is 23.4 Å². The fraction of sp³-hybridized carbons (Fsp3) is 0.261. The number of carbonyl (C=O) groups excluding carboxylic acids is 3. The summed E-state index contributed by atoms with van der Waals surface area (Å²) in [6.07, 6.45) is 1.20. The standard InChI is InChI=1S/C23H20BrF2N3O3/c1-12-5-6-13(9-18(12)26)11-29-19(30)10-16(23(32)28-27-22(31)14-7-8-14)20(24)15-3-2-4-17(25)21(15)29/h2-6,9,14H,7-8,10-11H2,1H3,(H,27,31)(H,28,32). The van der Waals surface area contributed by atoms with Crippen LogP contribution in [0, 0.1) is 24.5 Å². The monoisotopic (exact) mass is 503 g/mol. The van der Waals surface area contributed by atoms with Crippen LogP contribution in [-0.4, -0.2) is 17.7 Å². The Labute approximate surface area is 191 Å². The second-order valence-electron chi connectivity index (χ2n) is 7.89. The molecule has 2 aromatic rings. The molecule has 0 unspecified atom stereocenters. The Morgan fingerprint density at radius 1 is 1.12 bits per heavy atom. The summed E-state index contributed by atoms with van der Waals surface area (Å²) < 4.78 is 29.2. The van der Waals surface area contributed by atoms with Crippen molar-refractivity contribution in [1.82, 2.24) is 10.9 Å². The normalized spacial score (nSPS) is 15.9. The van der Waals surface area contributed by atoms with Gasteiger partial charge in [-0.15, -0.1) is 0 Å². The van der Waals surface area contributed by atoms with E-state index in [1.807, 2.05) is 0 Å². The van der Waals surface area contributed by atoms with Crippen molar-refractivity contribution in [3.63, 3.8) is 0 Å². The van der Waals surface area contributed by atoms with Crippen LogP contribution in [0.15, 0.2) is 42.0 Å². The zero-order chi connectivity index (χ0) is 23.0. The van der Waals surface area contributed by atoms with E-state index in [0.717, 1.165) is 12.8 Å². The minimum Gasteiger partial charge on any atom is -0.304 e. The Morgan fingerprint density at radius 2 is 1.88 bits per heavy atom. The number of amides is 3. The summed E-state index contributed by atoms with van der Waals surface area (Å²) in [5.41, 5.74) is 5.99. The number of aryl methyl sites for hydroxylation is 1. The van der Waals surface area contributed by atoms with Gasteiger partial charge in [0, 0.05) is 21.5 Å². The van der Waals surface area contributed by atoms with Crippen LogP contribution in [0.5, 0.6) is 0 Å². The molecule has 4 rings (SSSR count). The third kappa shape index (κ3) is 4.43. The van der Waals surface area contributed by atoms with E-state index in [-0.39, 0.29) is 40.5 Å². The molecule has 2 N–H and O–H groups in total. The number of nitrogens with zero attached hydrogens (tertiary/aromatic N) is 1. The lowest BCUT2D eigenvalue weighted by Gasteiger charge is -2.24. The highest BCUT2D eigenvalue weighted by Crippen LogP contribution is 2.40. The number of hydrazine groups is 1. The highest BCUT2D eigenvalue weighted by Gasteiger charge is 2.33. The van der Waals surface area contributed by atoms with E-state index in [2.05, 4.69) is 26.8 Å². The number of hydrogen-bond acceptors (Lipinski definition) is 3. The van der Waals surface area contributed by atoms with Gasteiger partial charge in [0.25, 0.3) is 5.91 Å². The molecule has 0 bridgehead atoms. The Balaban J connectivity index is 1.67. The van der Waals surface area contributed by atoms with Crippen molar-refractivity contribution in [2.45, 2.75) is 32.7 Å². The number of hydrogen-bond donors (Lipinski definition) is 2. The molecule has 0 atom stereocenters. The summed E-state index contributed by atoms with van der Waals surface area (Å²) in [5, 5.41) is 0. The average molecular weight is 504 g/mol. The first-order valence-electron chi connectivity index (χ1n) is 10.1. The second kappa shape index (κ2) is 8.82. The van der Waals surface area contributed by atoms with Crippen molar-refractivity contribution in [2.24, 2.45) is 5.92 Å². The van der Waals surface area contributed by atoms with Crippen LogP contribution in [0.4, 0.5) is 14.5 Å². The lowest BCUT2D eigenvalue weighted by atomic mass is 10.1. The summed E-state index contributed by atoms with van der Waals surface area (Å²) in [7, 11) is 0. The van der Waals surface area contributed by atoms with Crippen LogP contribution in [0.2, 0.25) is 0 Å². The number of carbonyl (C=O) groups is 3. The Morgan fingerprint density at radius 3 is 2.56 bits per heavy atom. The number of halogens is 3. The highest BCUT2D eigenvalue weighted by atomic mass is 79.9. The molecule has 0 spiro atoms. The molecule has 32 heavy (non-hydrogen) atoms. The predicted molar refractivity (Wildman–Crippen MR) is 118 cm³/mol. The van der Waals surface area contributed by atoms with Crippen molar-refractivity contribution in [3.05, 3.63) is 70.3 Å². The molecular formula is C23H20BrF2N3O3. The molecule has 2 aromatic carbocycles. The van der Waals surface area contributed by atoms with Crippen molar-refractivity contribution in [2.75, 3.05) is 4.90 Å². The molecule has 0 saturated heterocycles. The van der Waals surface area contributed by atoms with Gasteiger partial charge in [-0.25, -0.2) is 8.78 Å². The third-order valence-electron chi connectivity index (χ3n) is 5.49. The molecule has 1 aliphatic heterocycles. The van der Waals surface area contributed by atoms with Crippen LogP contribution in [0.25, 0.3) is 4.48 Å². The van der Waals surface area contributed by atoms with Gasteiger partial charge in [-0.05, 0) is 59.0 Å². The van der Waals surface area contributed by atoms with Crippen molar-refractivity contribution < 1.29 is 23.2 Å². The zero-order valence-corrected chi connectivity index (χ0v) is 18.8. The molecule has 3 amide bonds. The predicted octanol–water partition coefficient (Wildman–Crippen LogP) is 3.87. The molecule has 9 heteroatoms. The maximum atomic E-state index is 14.9.